The summed E-state index contributed by atoms with van der Waals surface area (Å²) >= 11 is 0. The minimum atomic E-state index is 1.03. The van der Waals surface area contributed by atoms with Gasteiger partial charge in [-0.2, -0.15) is 0 Å². The third kappa shape index (κ3) is 3.94. The zero-order chi connectivity index (χ0) is 8.65. The maximum Gasteiger partial charge on any atom is -0.0320 e. The SMILES string of the molecule is [CH2]C/C1=C/CCCCCCCC1. The Labute approximate surface area is 77.1 Å². The van der Waals surface area contributed by atoms with Crippen molar-refractivity contribution in [2.45, 2.75) is 57.8 Å². The van der Waals surface area contributed by atoms with E-state index in [0.717, 1.165) is 6.42 Å². The van der Waals surface area contributed by atoms with E-state index < -0.39 is 0 Å². The summed E-state index contributed by atoms with van der Waals surface area (Å²) in [4.78, 5) is 0. The first-order valence-electron chi connectivity index (χ1n) is 5.40. The first-order chi connectivity index (χ1) is 5.93. The van der Waals surface area contributed by atoms with E-state index in [4.69, 9.17) is 0 Å². The highest BCUT2D eigenvalue weighted by Gasteiger charge is 1.98. The zero-order valence-corrected chi connectivity index (χ0v) is 8.15. The number of hydrogen-bond acceptors (Lipinski definition) is 0. The van der Waals surface area contributed by atoms with E-state index >= 15 is 0 Å². The third-order valence-corrected chi connectivity index (χ3v) is 2.71. The van der Waals surface area contributed by atoms with Crippen LogP contribution >= 0.6 is 0 Å². The van der Waals surface area contributed by atoms with E-state index in [1.54, 1.807) is 5.57 Å². The van der Waals surface area contributed by atoms with Crippen LogP contribution in [0.5, 0.6) is 0 Å². The van der Waals surface area contributed by atoms with Crippen LogP contribution in [0.2, 0.25) is 0 Å². The first kappa shape index (κ1) is 9.83. The van der Waals surface area contributed by atoms with Gasteiger partial charge < -0.3 is 0 Å². The Hall–Kier alpha value is -0.260. The van der Waals surface area contributed by atoms with E-state index in [1.165, 1.54) is 51.4 Å². The molecule has 69 valence electrons. The van der Waals surface area contributed by atoms with Crippen molar-refractivity contribution >= 4 is 0 Å². The Morgan fingerprint density at radius 2 is 1.67 bits per heavy atom. The second-order valence-corrected chi connectivity index (χ2v) is 3.77. The number of rotatable bonds is 1. The molecule has 0 aromatic rings. The highest BCUT2D eigenvalue weighted by molar-refractivity contribution is 5.02. The van der Waals surface area contributed by atoms with Gasteiger partial charge in [0.1, 0.15) is 0 Å². The van der Waals surface area contributed by atoms with Crippen LogP contribution in [-0.4, -0.2) is 0 Å². The van der Waals surface area contributed by atoms with Gasteiger partial charge in [0.05, 0.1) is 0 Å². The monoisotopic (exact) mass is 165 g/mol. The fourth-order valence-corrected chi connectivity index (χ4v) is 1.84. The topological polar surface area (TPSA) is 0 Å². The second-order valence-electron chi connectivity index (χ2n) is 3.77. The highest BCUT2D eigenvalue weighted by atomic mass is 14.0. The van der Waals surface area contributed by atoms with E-state index in [2.05, 4.69) is 13.0 Å². The molecular formula is C12H21. The summed E-state index contributed by atoms with van der Waals surface area (Å²) in [5.41, 5.74) is 1.59. The fraction of sp³-hybridized carbons (Fsp3) is 0.750. The van der Waals surface area contributed by atoms with Gasteiger partial charge in [-0.3, -0.25) is 0 Å². The van der Waals surface area contributed by atoms with Crippen molar-refractivity contribution < 1.29 is 0 Å². The molecule has 0 N–H and O–H groups in total. The molecule has 0 heteroatoms. The van der Waals surface area contributed by atoms with Crippen LogP contribution in [0.3, 0.4) is 0 Å². The van der Waals surface area contributed by atoms with Gasteiger partial charge in [-0.1, -0.05) is 37.3 Å². The predicted octanol–water partition coefficient (Wildman–Crippen LogP) is 4.27. The molecule has 0 aromatic carbocycles. The van der Waals surface area contributed by atoms with Crippen LogP contribution in [0.1, 0.15) is 57.8 Å². The van der Waals surface area contributed by atoms with Crippen LogP contribution in [0.4, 0.5) is 0 Å². The second kappa shape index (κ2) is 6.28. The molecular weight excluding hydrogens is 144 g/mol. The molecule has 0 unspecified atom stereocenters. The number of hydrogen-bond donors (Lipinski definition) is 0. The molecule has 0 heterocycles. The first-order valence-corrected chi connectivity index (χ1v) is 5.40. The summed E-state index contributed by atoms with van der Waals surface area (Å²) in [5, 5.41) is 0. The van der Waals surface area contributed by atoms with Crippen molar-refractivity contribution in [3.05, 3.63) is 18.6 Å². The van der Waals surface area contributed by atoms with Crippen molar-refractivity contribution in [3.63, 3.8) is 0 Å². The molecule has 0 amide bonds. The zero-order valence-electron chi connectivity index (χ0n) is 8.15. The normalized spacial score (nSPS) is 25.9. The third-order valence-electron chi connectivity index (χ3n) is 2.71. The predicted molar refractivity (Wildman–Crippen MR) is 55.0 cm³/mol. The van der Waals surface area contributed by atoms with Gasteiger partial charge in [0.2, 0.25) is 0 Å². The minimum Gasteiger partial charge on any atom is -0.0853 e. The number of allylic oxidation sites excluding steroid dienone is 2. The molecule has 12 heavy (non-hydrogen) atoms. The summed E-state index contributed by atoms with van der Waals surface area (Å²) in [6, 6.07) is 0. The molecule has 1 radical (unpaired) electrons. The van der Waals surface area contributed by atoms with Gasteiger partial charge >= 0.3 is 0 Å². The van der Waals surface area contributed by atoms with E-state index in [-0.39, 0.29) is 0 Å². The van der Waals surface area contributed by atoms with Crippen LogP contribution < -0.4 is 0 Å². The van der Waals surface area contributed by atoms with Gasteiger partial charge in [0, 0.05) is 0 Å². The average molecular weight is 165 g/mol. The van der Waals surface area contributed by atoms with Crippen LogP contribution in [0, 0.1) is 6.92 Å². The molecule has 0 aromatic heterocycles. The lowest BCUT2D eigenvalue weighted by molar-refractivity contribution is 0.583. The smallest absolute Gasteiger partial charge is 0.0320 e. The lowest BCUT2D eigenvalue weighted by atomic mass is 9.99. The molecule has 0 atom stereocenters. The quantitative estimate of drug-likeness (QED) is 0.509. The molecule has 0 saturated carbocycles. The van der Waals surface area contributed by atoms with Crippen LogP contribution in [0.25, 0.3) is 0 Å². The summed E-state index contributed by atoms with van der Waals surface area (Å²) in [6.07, 6.45) is 14.6. The maximum absolute atomic E-state index is 3.97. The molecule has 0 nitrogen and oxygen atoms in total. The van der Waals surface area contributed by atoms with Crippen molar-refractivity contribution in [1.82, 2.24) is 0 Å². The maximum atomic E-state index is 3.97. The Bertz CT molecular complexity index is 133. The Kier molecular flexibility index (Phi) is 5.14. The molecule has 1 aliphatic rings. The van der Waals surface area contributed by atoms with Crippen molar-refractivity contribution in [1.29, 1.82) is 0 Å². The van der Waals surface area contributed by atoms with Gasteiger partial charge in [0.25, 0.3) is 0 Å². The minimum absolute atomic E-state index is 1.03. The summed E-state index contributed by atoms with van der Waals surface area (Å²) in [6.45, 7) is 3.97. The Morgan fingerprint density at radius 1 is 1.00 bits per heavy atom. The lowest BCUT2D eigenvalue weighted by Gasteiger charge is -2.07. The lowest BCUT2D eigenvalue weighted by Crippen LogP contribution is -1.88. The van der Waals surface area contributed by atoms with Crippen LogP contribution in [0.15, 0.2) is 11.6 Å². The van der Waals surface area contributed by atoms with Crippen molar-refractivity contribution in [2.75, 3.05) is 0 Å². The molecule has 1 rings (SSSR count). The van der Waals surface area contributed by atoms with Gasteiger partial charge in [-0.05, 0) is 39.0 Å². The molecule has 0 aliphatic heterocycles. The van der Waals surface area contributed by atoms with Crippen LogP contribution in [-0.2, 0) is 0 Å². The highest BCUT2D eigenvalue weighted by Crippen LogP contribution is 2.18. The molecule has 1 aliphatic carbocycles. The Balaban J connectivity index is 2.32. The van der Waals surface area contributed by atoms with Crippen molar-refractivity contribution in [2.24, 2.45) is 0 Å². The van der Waals surface area contributed by atoms with E-state index in [0.29, 0.717) is 0 Å². The van der Waals surface area contributed by atoms with Gasteiger partial charge in [0.15, 0.2) is 0 Å². The van der Waals surface area contributed by atoms with E-state index in [1.807, 2.05) is 0 Å². The standard InChI is InChI=1S/C12H21/c1-2-12-10-8-6-4-3-5-7-9-11-12/h10H,1-9,11H2/b12-10-. The van der Waals surface area contributed by atoms with E-state index in [9.17, 15) is 0 Å². The average Bonchev–Trinajstić information content (AvgIpc) is 2.14. The van der Waals surface area contributed by atoms with Crippen molar-refractivity contribution in [3.8, 4) is 0 Å². The molecule has 0 fully saturated rings. The molecule has 0 saturated heterocycles. The summed E-state index contributed by atoms with van der Waals surface area (Å²) in [5.74, 6) is 0. The summed E-state index contributed by atoms with van der Waals surface area (Å²) in [7, 11) is 0. The van der Waals surface area contributed by atoms with Gasteiger partial charge in [-0.15, -0.1) is 0 Å². The fourth-order valence-electron chi connectivity index (χ4n) is 1.84. The van der Waals surface area contributed by atoms with Gasteiger partial charge in [-0.25, -0.2) is 0 Å². The largest absolute Gasteiger partial charge is 0.0853 e. The molecule has 0 bridgehead atoms. The summed E-state index contributed by atoms with van der Waals surface area (Å²) < 4.78 is 0. The Morgan fingerprint density at radius 3 is 2.42 bits per heavy atom. The molecule has 0 spiro atoms.